The third-order valence-electron chi connectivity index (χ3n) is 27.3. The van der Waals surface area contributed by atoms with Crippen LogP contribution in [0.25, 0.3) is 0 Å². The zero-order valence-electron chi connectivity index (χ0n) is 99.6. The number of aliphatic hydroxyl groups excluding tert-OH is 1. The Bertz CT molecular complexity index is 2590. The Kier molecular flexibility index (Phi) is 88.2. The van der Waals surface area contributed by atoms with Gasteiger partial charge in [0.15, 0.2) is 0 Å². The fraction of sp³-hybridized carbons (Fsp3) is 0.968. The number of hydrogen-bond acceptors (Lipinski definition) is 5. The van der Waals surface area contributed by atoms with Gasteiger partial charge in [-0.05, 0) is 308 Å². The van der Waals surface area contributed by atoms with Gasteiger partial charge in [0.25, 0.3) is 11.8 Å². The van der Waals surface area contributed by atoms with Crippen LogP contribution in [0.15, 0.2) is 12.2 Å². The molecule has 0 amide bonds. The van der Waals surface area contributed by atoms with Gasteiger partial charge in [-0.3, -0.25) is 0 Å². The van der Waals surface area contributed by atoms with E-state index < -0.39 is 35.0 Å². The third kappa shape index (κ3) is 95.8. The smallest absolute Gasteiger partial charge is 0.253 e. The fourth-order valence-corrected chi connectivity index (χ4v) is 19.0. The summed E-state index contributed by atoms with van der Waals surface area (Å²) in [5.41, 5.74) is -0.712. The van der Waals surface area contributed by atoms with E-state index in [0.29, 0.717) is 41.9 Å². The Morgan fingerprint density at radius 2 is 0.833 bits per heavy atom. The van der Waals surface area contributed by atoms with Gasteiger partial charge in [0.1, 0.15) is 11.3 Å². The molecule has 0 aromatic heterocycles. The molecule has 0 aromatic rings. The van der Waals surface area contributed by atoms with E-state index >= 15 is 0 Å². The number of aliphatic hydroxyl groups is 1. The first-order valence-electron chi connectivity index (χ1n) is 58.3. The molecule has 9 saturated carbocycles. The molecule has 1 N–H and O–H groups in total. The maximum atomic E-state index is 13.2. The number of rotatable bonds is 37. The summed E-state index contributed by atoms with van der Waals surface area (Å²) in [6.07, 6.45) is 58.4. The van der Waals surface area contributed by atoms with Crippen molar-refractivity contribution in [2.45, 2.75) is 567 Å². The average molecular weight is 2000 g/mol. The lowest BCUT2D eigenvalue weighted by Crippen LogP contribution is -2.37. The molecule has 13 heteroatoms. The SMILES string of the molecule is C#CCCC(C)C.CC(C)C(F)(F)C1CCC1.CC(C)CC1(C)CC1.CC(C)CC1(F)CC1.CC(C)CC1(F)CCC1.CC(C)CC1C=CCC1.CC(C)CC1CC(F)(F)C1.CC(C)CC1CC(O)C1.CC(C)CC1CC1(F)F.CC(C)CC1CCC1.CC(C)CC1COC1.CC(C)CC1CSC1.CC(C)CCC1CCC1.CCCC(C)C.CCCCC(C)C.COCC(C)C.COCCC(C)C. The van der Waals surface area contributed by atoms with Gasteiger partial charge in [0.2, 0.25) is 5.92 Å². The normalized spacial score (nSPS) is 21.1. The first-order valence-corrected chi connectivity index (χ1v) is 59.5. The standard InChI is InChI=1S/C9H18.C9H16.2C8H14F2.C8H15F.C8H16O.2C8H16.C7H12F2.C7H13F.C7H14O.C7H14S.C7H16.C7H12.C6H14O.C6H14.C5H12O/c1-8(2)6-7-9-4-3-5-9;1-8(2)7-9-5-3-4-6-9;1-6(2)3-7-4-8(9,10)5-7;1-6(2)8(9,10)7-4-3-5-7;1-7(2)6-8(9)4-3-5-8;1-6(2)3-7-4-8(9)5-7;1-7(2)6-8(3)4-5-8;1-7(2)6-8-4-3-5-8;1-5(2)3-6-4-7(6,8)9;1-6(2)5-7(8)3-4-7;2*1-6(2)3-7-4-8-5-7;2*1-4-5-6-7(2)3;1-6(2)4-5-7-3;1-4-5-6(2)3;1-5(2)4-6-3/h8-9H,3-7H2,1-2H3;3,5,8-9H,4,6-7H2,1-2H3;2*6-7H,3-5H2,1-2H3;7H,3-6H2,1-2H3;6-9H,3-5H2,1-2H3;7H,4-6H2,1-3H3;7-8H,3-6H2,1-2H3;5-6H,3-4H2,1-2H3;6H,3-5H2,1-2H3;2*6-7H,3-5H2,1-2H3;7H,4-6H2,1-3H3;1,7H,5-6H2,2-3H3;6H,4-5H2,1-3H3;6H,4-5H2,1-3H3;5H,4H2,1-3H3. The first kappa shape index (κ1) is 145. The van der Waals surface area contributed by atoms with Crippen LogP contribution in [-0.2, 0) is 14.2 Å². The highest BCUT2D eigenvalue weighted by Crippen LogP contribution is 2.53. The van der Waals surface area contributed by atoms with E-state index in [1.165, 1.54) is 166 Å². The highest BCUT2D eigenvalue weighted by atomic mass is 32.2. The molecule has 0 aromatic carbocycles. The molecule has 2 unspecified atom stereocenters. The number of terminal acetylenes is 1. The van der Waals surface area contributed by atoms with Gasteiger partial charge < -0.3 is 19.3 Å². The summed E-state index contributed by atoms with van der Waals surface area (Å²) in [7, 11) is 3.46. The van der Waals surface area contributed by atoms with Crippen molar-refractivity contribution in [1.82, 2.24) is 0 Å². The lowest BCUT2D eigenvalue weighted by molar-refractivity contribution is -0.122. The van der Waals surface area contributed by atoms with Crippen molar-refractivity contribution in [2.24, 2.45) is 159 Å². The number of hydrogen-bond donors (Lipinski definition) is 1. The maximum absolute atomic E-state index is 13.2. The number of alkyl halides is 8. The second kappa shape index (κ2) is 83.7. The van der Waals surface area contributed by atoms with Crippen LogP contribution in [0.1, 0.15) is 532 Å². The van der Waals surface area contributed by atoms with Crippen LogP contribution < -0.4 is 0 Å². The van der Waals surface area contributed by atoms with Gasteiger partial charge in [0.05, 0.1) is 19.3 Å². The van der Waals surface area contributed by atoms with Gasteiger partial charge in [-0.2, -0.15) is 11.8 Å². The molecule has 0 radical (unpaired) electrons. The zero-order valence-corrected chi connectivity index (χ0v) is 100. The minimum absolute atomic E-state index is 0.0359. The summed E-state index contributed by atoms with van der Waals surface area (Å²) in [6.45, 7) is 84.4. The van der Waals surface area contributed by atoms with E-state index in [-0.39, 0.29) is 37.2 Å². The van der Waals surface area contributed by atoms with Gasteiger partial charge in [-0.25, -0.2) is 35.1 Å². The zero-order chi connectivity index (χ0) is 107. The molecule has 2 saturated heterocycles. The lowest BCUT2D eigenvalue weighted by atomic mass is 9.77. The molecule has 0 bridgehead atoms. The van der Waals surface area contributed by atoms with E-state index in [1.54, 1.807) is 28.1 Å². The lowest BCUT2D eigenvalue weighted by Gasteiger charge is -2.35. The molecule has 12 rings (SSSR count). The van der Waals surface area contributed by atoms with Crippen LogP contribution in [0.3, 0.4) is 0 Å². The van der Waals surface area contributed by atoms with E-state index in [1.807, 2.05) is 13.8 Å². The van der Waals surface area contributed by atoms with Crippen molar-refractivity contribution in [3.8, 4) is 12.3 Å². The Labute approximate surface area is 864 Å². The van der Waals surface area contributed by atoms with Gasteiger partial charge >= 0.3 is 0 Å². The Morgan fingerprint density at radius 1 is 0.420 bits per heavy atom. The van der Waals surface area contributed by atoms with E-state index in [9.17, 15) is 35.1 Å². The highest BCUT2D eigenvalue weighted by molar-refractivity contribution is 8.00. The quantitative estimate of drug-likeness (QED) is 0.0382. The summed E-state index contributed by atoms with van der Waals surface area (Å²) >= 11 is 2.09. The minimum Gasteiger partial charge on any atom is -0.393 e. The molecule has 832 valence electrons. The van der Waals surface area contributed by atoms with Crippen molar-refractivity contribution in [3.63, 3.8) is 0 Å². The van der Waals surface area contributed by atoms with E-state index in [4.69, 9.17) is 25.7 Å². The van der Waals surface area contributed by atoms with Crippen LogP contribution in [-0.4, -0.2) is 92.5 Å². The summed E-state index contributed by atoms with van der Waals surface area (Å²) in [6, 6.07) is 0. The summed E-state index contributed by atoms with van der Waals surface area (Å²) in [5.74, 6) is 15.8. The summed E-state index contributed by atoms with van der Waals surface area (Å²) < 4.78 is 115. The van der Waals surface area contributed by atoms with Gasteiger partial charge in [0, 0.05) is 76.8 Å². The molecule has 2 heterocycles. The number of methoxy groups -OCH3 is 2. The van der Waals surface area contributed by atoms with Crippen LogP contribution in [0, 0.1) is 172 Å². The molecular weight excluding hydrogens is 1750 g/mol. The predicted molar refractivity (Wildman–Crippen MR) is 600 cm³/mol. The fourth-order valence-electron chi connectivity index (χ4n) is 18.2. The largest absolute Gasteiger partial charge is 0.393 e. The third-order valence-corrected chi connectivity index (χ3v) is 28.7. The molecule has 138 heavy (non-hydrogen) atoms. The second-order valence-electron chi connectivity index (χ2n) is 52.4. The number of ether oxygens (including phenoxy) is 3. The van der Waals surface area contributed by atoms with Crippen LogP contribution in [0.5, 0.6) is 0 Å². The van der Waals surface area contributed by atoms with Gasteiger partial charge in [-0.1, -0.05) is 358 Å². The second-order valence-corrected chi connectivity index (χ2v) is 53.5. The van der Waals surface area contributed by atoms with Crippen molar-refractivity contribution in [3.05, 3.63) is 12.2 Å². The van der Waals surface area contributed by atoms with E-state index in [2.05, 4.69) is 258 Å². The predicted octanol–water partition coefficient (Wildman–Crippen LogP) is 42.4. The molecule has 2 aliphatic heterocycles. The van der Waals surface area contributed by atoms with Crippen LogP contribution >= 0.6 is 11.8 Å². The average Bonchev–Trinajstić information content (AvgIpc) is 1.63. The van der Waals surface area contributed by atoms with Crippen LogP contribution in [0.4, 0.5) is 35.1 Å². The molecule has 4 nitrogen and oxygen atoms in total. The van der Waals surface area contributed by atoms with Crippen molar-refractivity contribution in [2.75, 3.05) is 52.2 Å². The maximum Gasteiger partial charge on any atom is 0.253 e. The van der Waals surface area contributed by atoms with Gasteiger partial charge in [-0.15, -0.1) is 12.3 Å². The Morgan fingerprint density at radius 3 is 1.00 bits per heavy atom. The summed E-state index contributed by atoms with van der Waals surface area (Å²) in [4.78, 5) is 0. The van der Waals surface area contributed by atoms with Crippen molar-refractivity contribution >= 4 is 11.8 Å². The Balaban J connectivity index is -0.000000455. The van der Waals surface area contributed by atoms with Crippen molar-refractivity contribution < 1.29 is 54.4 Å². The molecule has 11 fully saturated rings. The topological polar surface area (TPSA) is 47.9 Å². The highest BCUT2D eigenvalue weighted by Gasteiger charge is 2.56. The van der Waals surface area contributed by atoms with Crippen LogP contribution in [0.2, 0.25) is 0 Å². The molecular formula is C125H246F8O4S. The molecule has 2 atom stereocenters. The molecule has 12 aliphatic rings. The first-order chi connectivity index (χ1) is 63.9. The molecule has 0 spiro atoms. The monoisotopic (exact) mass is 2000 g/mol. The number of halogens is 8. The van der Waals surface area contributed by atoms with Crippen molar-refractivity contribution in [1.29, 1.82) is 0 Å². The molecule has 10 aliphatic carbocycles. The number of thioether (sulfide) groups is 1. The minimum atomic E-state index is -2.40. The Hall–Kier alpha value is -1.07. The number of unbranched alkanes of at least 4 members (excludes halogenated alkanes) is 1. The number of allylic oxidation sites excluding steroid dienone is 2. The summed E-state index contributed by atoms with van der Waals surface area (Å²) in [5, 5.41) is 8.93. The van der Waals surface area contributed by atoms with E-state index in [0.717, 1.165) is 229 Å².